The minimum Gasteiger partial charge on any atom is -0.465 e. The van der Waals surface area contributed by atoms with Gasteiger partial charge >= 0.3 is 5.97 Å². The number of nitrogens with zero attached hydrogens (tertiary/aromatic N) is 1. The van der Waals surface area contributed by atoms with Crippen LogP contribution in [0.15, 0.2) is 94.4 Å². The summed E-state index contributed by atoms with van der Waals surface area (Å²) in [5.74, 6) is -0.826. The number of carbonyl (C=O) groups excluding carboxylic acids is 1. The average molecular weight is 530 g/mol. The topological polar surface area (TPSA) is 75.6 Å². The van der Waals surface area contributed by atoms with Gasteiger partial charge in [0.1, 0.15) is 24.8 Å². The number of hydrogen-bond donors (Lipinski definition) is 0. The standard InChI is InChI=1S/C31H28FNO6/c1-31(2)37-18-28(38-31)39-33-15-19-4-3-5-24(13-19)35-16-20-6-11-25-22(12-20)14-26-27(17-36-30(26)34)29(25)21-7-9-23(32)10-8-21/h3-11,13,15-16,26,28H,12,14,17-18H2,1-2H3/t26?,28-/m0/s1. The molecule has 0 saturated carbocycles. The van der Waals surface area contributed by atoms with Crippen molar-refractivity contribution in [2.24, 2.45) is 11.1 Å². The van der Waals surface area contributed by atoms with Gasteiger partial charge < -0.3 is 23.8 Å². The molecule has 0 N–H and O–H groups in total. The molecule has 0 aromatic heterocycles. The Morgan fingerprint density at radius 3 is 2.77 bits per heavy atom. The number of rotatable bonds is 6. The van der Waals surface area contributed by atoms with Crippen LogP contribution in [0.3, 0.4) is 0 Å². The largest absolute Gasteiger partial charge is 0.465 e. The van der Waals surface area contributed by atoms with Crippen LogP contribution in [0.4, 0.5) is 4.39 Å². The summed E-state index contributed by atoms with van der Waals surface area (Å²) in [6.45, 7) is 4.24. The highest BCUT2D eigenvalue weighted by atomic mass is 19.1. The van der Waals surface area contributed by atoms with Crippen LogP contribution in [0, 0.1) is 11.7 Å². The molecule has 7 nitrogen and oxygen atoms in total. The van der Waals surface area contributed by atoms with E-state index in [1.54, 1.807) is 24.6 Å². The number of oxime groups is 1. The van der Waals surface area contributed by atoms with Crippen LogP contribution in [0.5, 0.6) is 5.75 Å². The first-order chi connectivity index (χ1) is 18.8. The van der Waals surface area contributed by atoms with Crippen molar-refractivity contribution < 1.29 is 33.0 Å². The van der Waals surface area contributed by atoms with E-state index in [4.69, 9.17) is 23.8 Å². The quantitative estimate of drug-likeness (QED) is 0.203. The highest BCUT2D eigenvalue weighted by molar-refractivity contribution is 5.94. The first-order valence-electron chi connectivity index (χ1n) is 12.9. The van der Waals surface area contributed by atoms with Gasteiger partial charge in [0, 0.05) is 0 Å². The molecule has 2 fully saturated rings. The SMILES string of the molecule is CC1(C)OC[C@H](ON=Cc2cccc(OC=C3C=CC4=C(C3)CC3C(=O)OCC3=C4c3ccc(F)cc3)c2)O1. The van der Waals surface area contributed by atoms with E-state index in [0.29, 0.717) is 25.2 Å². The Hall–Kier alpha value is -4.01. The first-order valence-corrected chi connectivity index (χ1v) is 12.9. The van der Waals surface area contributed by atoms with E-state index in [0.717, 1.165) is 39.0 Å². The van der Waals surface area contributed by atoms with Crippen LogP contribution in [0.1, 0.15) is 37.8 Å². The Morgan fingerprint density at radius 2 is 1.97 bits per heavy atom. The molecular formula is C31H28FNO6. The molecule has 0 spiro atoms. The molecule has 0 amide bonds. The summed E-state index contributed by atoms with van der Waals surface area (Å²) < 4.78 is 36.0. The molecule has 0 bridgehead atoms. The minimum atomic E-state index is -0.676. The van der Waals surface area contributed by atoms with Crippen LogP contribution in [-0.4, -0.2) is 37.5 Å². The first kappa shape index (κ1) is 25.3. The van der Waals surface area contributed by atoms with Gasteiger partial charge in [0.15, 0.2) is 5.79 Å². The second-order valence-corrected chi connectivity index (χ2v) is 10.3. The molecule has 2 aliphatic heterocycles. The normalized spacial score (nSPS) is 24.8. The molecule has 2 aromatic rings. The maximum Gasteiger partial charge on any atom is 0.313 e. The van der Waals surface area contributed by atoms with Gasteiger partial charge in [-0.1, -0.05) is 47.1 Å². The lowest BCUT2D eigenvalue weighted by Gasteiger charge is -2.28. The Kier molecular flexibility index (Phi) is 6.66. The highest BCUT2D eigenvalue weighted by Crippen LogP contribution is 2.47. The predicted molar refractivity (Wildman–Crippen MR) is 142 cm³/mol. The van der Waals surface area contributed by atoms with Crippen LogP contribution in [0.25, 0.3) is 5.57 Å². The van der Waals surface area contributed by atoms with E-state index in [-0.39, 0.29) is 24.3 Å². The highest BCUT2D eigenvalue weighted by Gasteiger charge is 2.40. The molecule has 39 heavy (non-hydrogen) atoms. The van der Waals surface area contributed by atoms with Crippen molar-refractivity contribution in [2.45, 2.75) is 38.8 Å². The van der Waals surface area contributed by atoms with Crippen LogP contribution in [0.2, 0.25) is 0 Å². The fraction of sp³-hybridized carbons (Fsp3) is 0.290. The van der Waals surface area contributed by atoms with Gasteiger partial charge in [0.05, 0.1) is 18.4 Å². The molecule has 0 radical (unpaired) electrons. The lowest BCUT2D eigenvalue weighted by molar-refractivity contribution is -0.190. The van der Waals surface area contributed by atoms with Gasteiger partial charge in [0.2, 0.25) is 0 Å². The van der Waals surface area contributed by atoms with Crippen molar-refractivity contribution in [1.82, 2.24) is 0 Å². The Morgan fingerprint density at radius 1 is 1.13 bits per heavy atom. The van der Waals surface area contributed by atoms with E-state index in [9.17, 15) is 9.18 Å². The van der Waals surface area contributed by atoms with Crippen LogP contribution >= 0.6 is 0 Å². The van der Waals surface area contributed by atoms with Gasteiger partial charge in [-0.05, 0) is 84.4 Å². The zero-order valence-electron chi connectivity index (χ0n) is 21.7. The summed E-state index contributed by atoms with van der Waals surface area (Å²) in [7, 11) is 0. The fourth-order valence-corrected chi connectivity index (χ4v) is 5.23. The molecule has 2 atom stereocenters. The van der Waals surface area contributed by atoms with Crippen LogP contribution in [-0.2, 0) is 23.8 Å². The van der Waals surface area contributed by atoms with Crippen molar-refractivity contribution in [1.29, 1.82) is 0 Å². The molecule has 200 valence electrons. The molecule has 2 aromatic carbocycles. The second-order valence-electron chi connectivity index (χ2n) is 10.3. The van der Waals surface area contributed by atoms with Crippen molar-refractivity contribution in [3.05, 3.63) is 106 Å². The summed E-state index contributed by atoms with van der Waals surface area (Å²) in [6, 6.07) is 13.9. The smallest absolute Gasteiger partial charge is 0.313 e. The van der Waals surface area contributed by atoms with E-state index in [1.807, 2.05) is 44.2 Å². The number of cyclic esters (lactones) is 1. The number of benzene rings is 2. The number of hydrogen-bond acceptors (Lipinski definition) is 7. The van der Waals surface area contributed by atoms with Gasteiger partial charge in [-0.3, -0.25) is 4.79 Å². The molecular weight excluding hydrogens is 501 g/mol. The summed E-state index contributed by atoms with van der Waals surface area (Å²) >= 11 is 0. The van der Waals surface area contributed by atoms with Crippen LogP contribution < -0.4 is 4.74 Å². The molecule has 2 aliphatic carbocycles. The summed E-state index contributed by atoms with van der Waals surface area (Å²) in [5, 5.41) is 4.01. The minimum absolute atomic E-state index is 0.203. The van der Waals surface area contributed by atoms with Gasteiger partial charge in [-0.15, -0.1) is 0 Å². The van der Waals surface area contributed by atoms with Crippen molar-refractivity contribution in [2.75, 3.05) is 13.2 Å². The number of allylic oxidation sites excluding steroid dienone is 6. The summed E-state index contributed by atoms with van der Waals surface area (Å²) in [6.07, 6.45) is 8.09. The predicted octanol–water partition coefficient (Wildman–Crippen LogP) is 5.83. The zero-order chi connectivity index (χ0) is 27.0. The second kappa shape index (κ2) is 10.3. The van der Waals surface area contributed by atoms with Crippen molar-refractivity contribution in [3.63, 3.8) is 0 Å². The monoisotopic (exact) mass is 529 g/mol. The Bertz CT molecular complexity index is 1450. The lowest BCUT2D eigenvalue weighted by Crippen LogP contribution is -2.21. The number of carbonyl (C=O) groups is 1. The molecule has 2 saturated heterocycles. The molecule has 6 rings (SSSR count). The summed E-state index contributed by atoms with van der Waals surface area (Å²) in [4.78, 5) is 17.9. The third kappa shape index (κ3) is 5.44. The molecule has 4 aliphatic rings. The van der Waals surface area contributed by atoms with Crippen molar-refractivity contribution >= 4 is 17.8 Å². The summed E-state index contributed by atoms with van der Waals surface area (Å²) in [5.41, 5.74) is 6.81. The van der Waals surface area contributed by atoms with Gasteiger partial charge in [-0.25, -0.2) is 4.39 Å². The Balaban J connectivity index is 1.15. The Labute approximate surface area is 225 Å². The lowest BCUT2D eigenvalue weighted by atomic mass is 9.74. The van der Waals surface area contributed by atoms with Crippen molar-refractivity contribution in [3.8, 4) is 5.75 Å². The fourth-order valence-electron chi connectivity index (χ4n) is 5.23. The van der Waals surface area contributed by atoms with E-state index in [2.05, 4.69) is 11.2 Å². The van der Waals surface area contributed by atoms with E-state index in [1.165, 1.54) is 12.1 Å². The number of ether oxygens (including phenoxy) is 4. The average Bonchev–Trinajstić information content (AvgIpc) is 3.47. The third-order valence-electron chi connectivity index (χ3n) is 7.08. The van der Waals surface area contributed by atoms with E-state index >= 15 is 0 Å². The molecule has 8 heteroatoms. The zero-order valence-corrected chi connectivity index (χ0v) is 21.7. The number of halogens is 1. The van der Waals surface area contributed by atoms with E-state index < -0.39 is 12.1 Å². The number of esters is 1. The maximum absolute atomic E-state index is 13.6. The molecule has 2 heterocycles. The molecule has 1 unspecified atom stereocenters. The van der Waals surface area contributed by atoms with Gasteiger partial charge in [-0.2, -0.15) is 0 Å². The number of fused-ring (bicyclic) bond motifs is 1. The van der Waals surface area contributed by atoms with Gasteiger partial charge in [0.25, 0.3) is 6.29 Å². The maximum atomic E-state index is 13.6. The third-order valence-corrected chi connectivity index (χ3v) is 7.08.